The lowest BCUT2D eigenvalue weighted by molar-refractivity contribution is -0.124. The predicted molar refractivity (Wildman–Crippen MR) is 98.3 cm³/mol. The zero-order valence-electron chi connectivity index (χ0n) is 15.6. The van der Waals surface area contributed by atoms with Crippen molar-refractivity contribution in [2.24, 2.45) is 0 Å². The number of amides is 1. The van der Waals surface area contributed by atoms with Gasteiger partial charge in [-0.25, -0.2) is 0 Å². The van der Waals surface area contributed by atoms with E-state index < -0.39 is 0 Å². The molecule has 0 fully saturated rings. The van der Waals surface area contributed by atoms with Crippen LogP contribution in [0.4, 0.5) is 0 Å². The highest BCUT2D eigenvalue weighted by atomic mass is 16.5. The summed E-state index contributed by atoms with van der Waals surface area (Å²) in [6.45, 7) is 6.27. The lowest BCUT2D eigenvalue weighted by atomic mass is 10.2. The van der Waals surface area contributed by atoms with Gasteiger partial charge in [0.25, 0.3) is 0 Å². The summed E-state index contributed by atoms with van der Waals surface area (Å²) in [5.41, 5.74) is 4.44. The van der Waals surface area contributed by atoms with Crippen LogP contribution in [-0.2, 0) is 42.1 Å². The smallest absolute Gasteiger partial charge is 0.246 e. The number of nitrogens with one attached hydrogen (secondary N) is 1. The van der Waals surface area contributed by atoms with Crippen molar-refractivity contribution in [2.45, 2.75) is 45.9 Å². The second kappa shape index (κ2) is 8.91. The van der Waals surface area contributed by atoms with Crippen LogP contribution in [0.3, 0.4) is 0 Å². The fourth-order valence-corrected chi connectivity index (χ4v) is 3.17. The SMILES string of the molecule is CCc1ccc(CN2CCCn3nc(CNC(=O)COC)cc3C2)nc1. The minimum Gasteiger partial charge on any atom is -0.375 e. The number of aromatic nitrogens is 3. The molecular formula is C19H27N5O2. The number of pyridine rings is 1. The Morgan fingerprint density at radius 3 is 2.92 bits per heavy atom. The van der Waals surface area contributed by atoms with Crippen LogP contribution in [0.5, 0.6) is 0 Å². The van der Waals surface area contributed by atoms with Crippen molar-refractivity contribution in [1.29, 1.82) is 0 Å². The molecule has 1 N–H and O–H groups in total. The lowest BCUT2D eigenvalue weighted by Crippen LogP contribution is -2.26. The fourth-order valence-electron chi connectivity index (χ4n) is 3.17. The molecule has 0 atom stereocenters. The first kappa shape index (κ1) is 18.5. The molecule has 0 aromatic carbocycles. The number of methoxy groups -OCH3 is 1. The molecule has 7 heteroatoms. The van der Waals surface area contributed by atoms with Gasteiger partial charge in [0, 0.05) is 39.5 Å². The maximum Gasteiger partial charge on any atom is 0.246 e. The van der Waals surface area contributed by atoms with E-state index >= 15 is 0 Å². The van der Waals surface area contributed by atoms with Gasteiger partial charge in [-0.3, -0.25) is 19.4 Å². The van der Waals surface area contributed by atoms with E-state index in [4.69, 9.17) is 4.74 Å². The molecule has 3 heterocycles. The Kier molecular flexibility index (Phi) is 6.35. The van der Waals surface area contributed by atoms with Crippen LogP contribution in [0.2, 0.25) is 0 Å². The quantitative estimate of drug-likeness (QED) is 0.813. The summed E-state index contributed by atoms with van der Waals surface area (Å²) in [6.07, 6.45) is 4.04. The van der Waals surface area contributed by atoms with Gasteiger partial charge >= 0.3 is 0 Å². The minimum atomic E-state index is -0.126. The van der Waals surface area contributed by atoms with Crippen molar-refractivity contribution in [1.82, 2.24) is 25.0 Å². The molecule has 26 heavy (non-hydrogen) atoms. The van der Waals surface area contributed by atoms with Crippen molar-refractivity contribution in [2.75, 3.05) is 20.3 Å². The second-order valence-corrected chi connectivity index (χ2v) is 6.64. The highest BCUT2D eigenvalue weighted by Gasteiger charge is 2.17. The summed E-state index contributed by atoms with van der Waals surface area (Å²) in [5, 5.41) is 7.45. The Morgan fingerprint density at radius 2 is 2.19 bits per heavy atom. The Balaban J connectivity index is 1.60. The van der Waals surface area contributed by atoms with Crippen molar-refractivity contribution in [3.63, 3.8) is 0 Å². The van der Waals surface area contributed by atoms with Crippen molar-refractivity contribution >= 4 is 5.91 Å². The summed E-state index contributed by atoms with van der Waals surface area (Å²) in [4.78, 5) is 18.5. The zero-order chi connectivity index (χ0) is 18.4. The molecule has 1 amide bonds. The first-order valence-electron chi connectivity index (χ1n) is 9.15. The Hall–Kier alpha value is -2.25. The van der Waals surface area contributed by atoms with Crippen molar-refractivity contribution in [3.05, 3.63) is 47.0 Å². The van der Waals surface area contributed by atoms with Crippen LogP contribution in [0.1, 0.15) is 36.0 Å². The fraction of sp³-hybridized carbons (Fsp3) is 0.526. The second-order valence-electron chi connectivity index (χ2n) is 6.64. The molecule has 0 bridgehead atoms. The highest BCUT2D eigenvalue weighted by molar-refractivity contribution is 5.77. The number of hydrogen-bond donors (Lipinski definition) is 1. The number of ether oxygens (including phenoxy) is 1. The standard InChI is InChI=1S/C19H27N5O2/c1-3-15-5-6-16(20-10-15)12-23-7-4-8-24-18(13-23)9-17(22-24)11-21-19(25)14-26-2/h5-6,9-10H,3-4,7-8,11-14H2,1-2H3,(H,21,25). The van der Waals surface area contributed by atoms with Crippen LogP contribution in [-0.4, -0.2) is 45.8 Å². The Bertz CT molecular complexity index is 726. The normalized spacial score (nSPS) is 14.7. The van der Waals surface area contributed by atoms with Gasteiger partial charge in [0.2, 0.25) is 5.91 Å². The monoisotopic (exact) mass is 357 g/mol. The van der Waals surface area contributed by atoms with E-state index in [1.807, 2.05) is 6.20 Å². The van der Waals surface area contributed by atoms with Gasteiger partial charge in [0.15, 0.2) is 0 Å². The van der Waals surface area contributed by atoms with Gasteiger partial charge in [-0.15, -0.1) is 0 Å². The molecule has 0 spiro atoms. The molecule has 1 aliphatic heterocycles. The summed E-state index contributed by atoms with van der Waals surface area (Å²) < 4.78 is 6.89. The van der Waals surface area contributed by atoms with Gasteiger partial charge < -0.3 is 10.1 Å². The topological polar surface area (TPSA) is 72.3 Å². The molecule has 0 radical (unpaired) electrons. The number of hydrogen-bond acceptors (Lipinski definition) is 5. The van der Waals surface area contributed by atoms with Gasteiger partial charge in [-0.1, -0.05) is 13.0 Å². The van der Waals surface area contributed by atoms with Crippen LogP contribution in [0.25, 0.3) is 0 Å². The molecule has 2 aromatic rings. The third-order valence-corrected chi connectivity index (χ3v) is 4.57. The average molecular weight is 357 g/mol. The van der Waals surface area contributed by atoms with Crippen LogP contribution < -0.4 is 5.32 Å². The van der Waals surface area contributed by atoms with Crippen LogP contribution in [0.15, 0.2) is 24.4 Å². The maximum atomic E-state index is 11.5. The van der Waals surface area contributed by atoms with E-state index in [1.54, 1.807) is 0 Å². The number of carbonyl (C=O) groups excluding carboxylic acids is 1. The number of nitrogens with zero attached hydrogens (tertiary/aromatic N) is 4. The van der Waals surface area contributed by atoms with Crippen molar-refractivity contribution < 1.29 is 9.53 Å². The van der Waals surface area contributed by atoms with Crippen LogP contribution >= 0.6 is 0 Å². The molecule has 0 saturated heterocycles. The molecule has 1 aliphatic rings. The van der Waals surface area contributed by atoms with E-state index in [0.717, 1.165) is 50.4 Å². The molecule has 7 nitrogen and oxygen atoms in total. The van der Waals surface area contributed by atoms with Gasteiger partial charge in [0.1, 0.15) is 6.61 Å². The van der Waals surface area contributed by atoms with Crippen molar-refractivity contribution in [3.8, 4) is 0 Å². The zero-order valence-corrected chi connectivity index (χ0v) is 15.6. The first-order chi connectivity index (χ1) is 12.7. The first-order valence-corrected chi connectivity index (χ1v) is 9.15. The number of fused-ring (bicyclic) bond motifs is 1. The molecule has 140 valence electrons. The van der Waals surface area contributed by atoms with E-state index in [1.165, 1.54) is 18.4 Å². The number of carbonyl (C=O) groups is 1. The summed E-state index contributed by atoms with van der Waals surface area (Å²) in [6, 6.07) is 6.36. The number of rotatable bonds is 7. The lowest BCUT2D eigenvalue weighted by Gasteiger charge is -2.19. The van der Waals surface area contributed by atoms with Gasteiger partial charge in [0.05, 0.1) is 23.6 Å². The Labute approximate surface area is 154 Å². The van der Waals surface area contributed by atoms with Gasteiger partial charge in [-0.2, -0.15) is 5.10 Å². The third-order valence-electron chi connectivity index (χ3n) is 4.57. The van der Waals surface area contributed by atoms with E-state index in [2.05, 4.69) is 50.1 Å². The summed E-state index contributed by atoms with van der Waals surface area (Å²) >= 11 is 0. The van der Waals surface area contributed by atoms with E-state index in [-0.39, 0.29) is 12.5 Å². The van der Waals surface area contributed by atoms with Crippen LogP contribution in [0, 0.1) is 0 Å². The van der Waals surface area contributed by atoms with Gasteiger partial charge in [-0.05, 0) is 30.5 Å². The third kappa shape index (κ3) is 4.89. The largest absolute Gasteiger partial charge is 0.375 e. The number of aryl methyl sites for hydroxylation is 2. The summed E-state index contributed by atoms with van der Waals surface area (Å²) in [7, 11) is 1.51. The molecule has 0 unspecified atom stereocenters. The predicted octanol–water partition coefficient (Wildman–Crippen LogP) is 1.51. The van der Waals surface area contributed by atoms with E-state index in [0.29, 0.717) is 6.54 Å². The molecule has 0 aliphatic carbocycles. The minimum absolute atomic E-state index is 0.0746. The highest BCUT2D eigenvalue weighted by Crippen LogP contribution is 2.16. The Morgan fingerprint density at radius 1 is 1.31 bits per heavy atom. The molecule has 0 saturated carbocycles. The average Bonchev–Trinajstić information content (AvgIpc) is 2.93. The molecule has 3 rings (SSSR count). The summed E-state index contributed by atoms with van der Waals surface area (Å²) in [5.74, 6) is -0.126. The van der Waals surface area contributed by atoms with E-state index in [9.17, 15) is 4.79 Å². The molecule has 2 aromatic heterocycles. The maximum absolute atomic E-state index is 11.5. The molecular weight excluding hydrogens is 330 g/mol.